The Morgan fingerprint density at radius 3 is 2.92 bits per heavy atom. The first-order valence-electron chi connectivity index (χ1n) is 8.30. The molecule has 0 spiro atoms. The van der Waals surface area contributed by atoms with Crippen molar-refractivity contribution >= 4 is 39.4 Å². The number of hydrogen-bond acceptors (Lipinski definition) is 4. The molecule has 1 aromatic heterocycles. The Labute approximate surface area is 145 Å². The Balaban J connectivity index is 1.70. The van der Waals surface area contributed by atoms with Crippen LogP contribution in [0, 0.1) is 6.92 Å². The number of carbonyl (C=O) groups is 1. The van der Waals surface area contributed by atoms with Crippen molar-refractivity contribution in [2.45, 2.75) is 38.3 Å². The van der Waals surface area contributed by atoms with Crippen molar-refractivity contribution < 1.29 is 9.90 Å². The first-order chi connectivity index (χ1) is 11.5. The molecule has 0 amide bonds. The lowest BCUT2D eigenvalue weighted by Crippen LogP contribution is -2.19. The molecule has 1 aliphatic carbocycles. The second-order valence-electron chi connectivity index (χ2n) is 6.77. The summed E-state index contributed by atoms with van der Waals surface area (Å²) in [5.41, 5.74) is 4.64. The van der Waals surface area contributed by atoms with Crippen molar-refractivity contribution in [3.05, 3.63) is 29.5 Å². The van der Waals surface area contributed by atoms with Crippen molar-refractivity contribution in [2.24, 2.45) is 4.99 Å². The van der Waals surface area contributed by atoms with Crippen LogP contribution >= 0.6 is 11.8 Å². The second-order valence-corrected chi connectivity index (χ2v) is 7.78. The molecule has 2 aliphatic rings. The van der Waals surface area contributed by atoms with Gasteiger partial charge in [0.2, 0.25) is 0 Å². The van der Waals surface area contributed by atoms with Gasteiger partial charge in [0.1, 0.15) is 5.04 Å². The van der Waals surface area contributed by atoms with E-state index >= 15 is 0 Å². The zero-order valence-corrected chi connectivity index (χ0v) is 14.7. The Bertz CT molecular complexity index is 838. The van der Waals surface area contributed by atoms with Crippen molar-refractivity contribution in [3.8, 4) is 0 Å². The highest BCUT2D eigenvalue weighted by Gasteiger charge is 2.28. The molecule has 0 unspecified atom stereocenters. The number of carboxylic acid groups (broad SMARTS) is 1. The molecular formula is C18H21N3O2S. The number of aromatic nitrogens is 1. The zero-order valence-electron chi connectivity index (χ0n) is 13.9. The third-order valence-electron chi connectivity index (χ3n) is 4.68. The van der Waals surface area contributed by atoms with Crippen LogP contribution in [0.1, 0.15) is 30.5 Å². The topological polar surface area (TPSA) is 68.7 Å². The van der Waals surface area contributed by atoms with Crippen LogP contribution < -0.4 is 4.90 Å². The second kappa shape index (κ2) is 5.84. The maximum absolute atomic E-state index is 10.9. The SMILES string of the molecule is Cc1cc(N(C)C2CC2)c2[nH]c(C3=N[C@@H](CC(=O)O)CS3)cc2c1. The van der Waals surface area contributed by atoms with Gasteiger partial charge < -0.3 is 15.0 Å². The number of thioether (sulfide) groups is 1. The van der Waals surface area contributed by atoms with Crippen molar-refractivity contribution in [1.29, 1.82) is 0 Å². The molecule has 0 radical (unpaired) electrons. The molecule has 2 heterocycles. The number of aliphatic imine (C=N–C) groups is 1. The Hall–Kier alpha value is -1.95. The Morgan fingerprint density at radius 1 is 1.42 bits per heavy atom. The molecule has 0 bridgehead atoms. The molecule has 1 aromatic carbocycles. The lowest BCUT2D eigenvalue weighted by atomic mass is 10.1. The van der Waals surface area contributed by atoms with Gasteiger partial charge in [-0.25, -0.2) is 0 Å². The quantitative estimate of drug-likeness (QED) is 0.873. The fourth-order valence-corrected chi connectivity index (χ4v) is 4.32. The molecule has 24 heavy (non-hydrogen) atoms. The number of benzene rings is 1. The van der Waals surface area contributed by atoms with Gasteiger partial charge in [0.05, 0.1) is 29.4 Å². The molecule has 1 aliphatic heterocycles. The highest BCUT2D eigenvalue weighted by Crippen LogP contribution is 2.36. The van der Waals surface area contributed by atoms with E-state index in [1.165, 1.54) is 29.5 Å². The van der Waals surface area contributed by atoms with E-state index in [4.69, 9.17) is 5.11 Å². The standard InChI is InChI=1S/C18H21N3O2S/c1-10-5-11-7-14(18-19-12(9-24-18)8-16(22)23)20-17(11)15(6-10)21(2)13-3-4-13/h5-7,12-13,20H,3-4,8-9H2,1-2H3,(H,22,23)/t12-/m0/s1. The molecule has 1 fully saturated rings. The van der Waals surface area contributed by atoms with Gasteiger partial charge in [-0.1, -0.05) is 0 Å². The van der Waals surface area contributed by atoms with Crippen molar-refractivity contribution in [3.63, 3.8) is 0 Å². The van der Waals surface area contributed by atoms with E-state index in [0.717, 1.165) is 22.0 Å². The normalized spacial score (nSPS) is 20.4. The van der Waals surface area contributed by atoms with Crippen molar-refractivity contribution in [2.75, 3.05) is 17.7 Å². The van der Waals surface area contributed by atoms with Crippen LogP contribution in [0.5, 0.6) is 0 Å². The van der Waals surface area contributed by atoms with Gasteiger partial charge in [-0.15, -0.1) is 11.8 Å². The predicted octanol–water partition coefficient (Wildman–Crippen LogP) is 3.41. The predicted molar refractivity (Wildman–Crippen MR) is 99.5 cm³/mol. The van der Waals surface area contributed by atoms with Crippen molar-refractivity contribution in [1.82, 2.24) is 4.98 Å². The average molecular weight is 343 g/mol. The minimum Gasteiger partial charge on any atom is -0.481 e. The average Bonchev–Trinajstić information content (AvgIpc) is 3.13. The van der Waals surface area contributed by atoms with Gasteiger partial charge in [-0.2, -0.15) is 0 Å². The van der Waals surface area contributed by atoms with E-state index in [9.17, 15) is 4.79 Å². The fourth-order valence-electron chi connectivity index (χ4n) is 3.29. The number of aryl methyl sites for hydroxylation is 1. The first-order valence-corrected chi connectivity index (χ1v) is 9.29. The van der Waals surface area contributed by atoms with E-state index in [-0.39, 0.29) is 12.5 Å². The Morgan fingerprint density at radius 2 is 2.21 bits per heavy atom. The van der Waals surface area contributed by atoms with E-state index < -0.39 is 5.97 Å². The molecule has 0 saturated heterocycles. The number of H-pyrrole nitrogens is 1. The smallest absolute Gasteiger partial charge is 0.305 e. The molecule has 126 valence electrons. The highest BCUT2D eigenvalue weighted by molar-refractivity contribution is 8.14. The number of nitrogens with zero attached hydrogens (tertiary/aromatic N) is 2. The number of nitrogens with one attached hydrogen (secondary N) is 1. The molecule has 2 aromatic rings. The zero-order chi connectivity index (χ0) is 16.8. The van der Waals surface area contributed by atoms with Crippen LogP contribution in [0.2, 0.25) is 0 Å². The minimum absolute atomic E-state index is 0.103. The maximum atomic E-state index is 10.9. The summed E-state index contributed by atoms with van der Waals surface area (Å²) in [6.45, 7) is 2.13. The molecule has 5 nitrogen and oxygen atoms in total. The fraction of sp³-hybridized carbons (Fsp3) is 0.444. The van der Waals surface area contributed by atoms with Gasteiger partial charge >= 0.3 is 5.97 Å². The van der Waals surface area contributed by atoms with Crippen LogP contribution in [-0.2, 0) is 4.79 Å². The van der Waals surface area contributed by atoms with Gasteiger partial charge in [-0.3, -0.25) is 9.79 Å². The van der Waals surface area contributed by atoms with E-state index in [2.05, 4.69) is 47.0 Å². The van der Waals surface area contributed by atoms with Crippen LogP contribution in [0.25, 0.3) is 10.9 Å². The number of rotatable bonds is 5. The van der Waals surface area contributed by atoms with E-state index in [1.807, 2.05) is 0 Å². The summed E-state index contributed by atoms with van der Waals surface area (Å²) in [6, 6.07) is 7.09. The summed E-state index contributed by atoms with van der Waals surface area (Å²) in [4.78, 5) is 21.4. The van der Waals surface area contributed by atoms with Crippen LogP contribution in [0.4, 0.5) is 5.69 Å². The van der Waals surface area contributed by atoms with Gasteiger partial charge in [0.15, 0.2) is 0 Å². The lowest BCUT2D eigenvalue weighted by molar-refractivity contribution is -0.137. The first kappa shape index (κ1) is 15.6. The van der Waals surface area contributed by atoms with Gasteiger partial charge in [-0.05, 0) is 43.5 Å². The number of anilines is 1. The largest absolute Gasteiger partial charge is 0.481 e. The van der Waals surface area contributed by atoms with Gasteiger partial charge in [0, 0.05) is 24.2 Å². The third-order valence-corrected chi connectivity index (χ3v) is 5.83. The van der Waals surface area contributed by atoms with Crippen LogP contribution in [-0.4, -0.2) is 46.0 Å². The van der Waals surface area contributed by atoms with E-state index in [0.29, 0.717) is 6.04 Å². The van der Waals surface area contributed by atoms with Crippen LogP contribution in [0.3, 0.4) is 0 Å². The maximum Gasteiger partial charge on any atom is 0.305 e. The summed E-state index contributed by atoms with van der Waals surface area (Å²) in [6.07, 6.45) is 2.63. The van der Waals surface area contributed by atoms with E-state index in [1.54, 1.807) is 11.8 Å². The summed E-state index contributed by atoms with van der Waals surface area (Å²) in [5, 5.41) is 11.1. The summed E-state index contributed by atoms with van der Waals surface area (Å²) < 4.78 is 0. The molecule has 2 N–H and O–H groups in total. The van der Waals surface area contributed by atoms with Gasteiger partial charge in [0.25, 0.3) is 0 Å². The minimum atomic E-state index is -0.786. The number of hydrogen-bond donors (Lipinski definition) is 2. The number of aromatic amines is 1. The number of fused-ring (bicyclic) bond motifs is 1. The molecular weight excluding hydrogens is 322 g/mol. The number of carboxylic acids is 1. The molecule has 4 rings (SSSR count). The molecule has 1 atom stereocenters. The lowest BCUT2D eigenvalue weighted by Gasteiger charge is -2.20. The molecule has 1 saturated carbocycles. The third kappa shape index (κ3) is 2.90. The highest BCUT2D eigenvalue weighted by atomic mass is 32.2. The summed E-state index contributed by atoms with van der Waals surface area (Å²) >= 11 is 1.64. The molecule has 6 heteroatoms. The summed E-state index contributed by atoms with van der Waals surface area (Å²) in [7, 11) is 2.16. The Kier molecular flexibility index (Phi) is 3.79. The monoisotopic (exact) mass is 343 g/mol. The van der Waals surface area contributed by atoms with Crippen LogP contribution in [0.15, 0.2) is 23.2 Å². The summed E-state index contributed by atoms with van der Waals surface area (Å²) in [5.74, 6) is -0.0450. The number of aliphatic carboxylic acids is 1.